The first-order valence-electron chi connectivity index (χ1n) is 26.8. The highest BCUT2D eigenvalue weighted by molar-refractivity contribution is 6.89. The Morgan fingerprint density at radius 3 is 1.20 bits per heavy atom. The van der Waals surface area contributed by atoms with E-state index in [0.29, 0.717) is 33.9 Å². The summed E-state index contributed by atoms with van der Waals surface area (Å²) in [5, 5.41) is 36.9. The number of fused-ring (bicyclic) bond motifs is 16. The molecule has 7 nitrogen and oxygen atoms in total. The van der Waals surface area contributed by atoms with Crippen LogP contribution in [0.25, 0.3) is 143 Å². The van der Waals surface area contributed by atoms with Crippen molar-refractivity contribution in [2.45, 2.75) is 19.6 Å². The van der Waals surface area contributed by atoms with E-state index in [9.17, 15) is 10.5 Å². The minimum atomic E-state index is -1.89. The van der Waals surface area contributed by atoms with E-state index in [-0.39, 0.29) is 0 Å². The van der Waals surface area contributed by atoms with Gasteiger partial charge in [0.1, 0.15) is 34.4 Å². The number of aromatic nitrogens is 4. The molecule has 0 amide bonds. The molecule has 0 aliphatic rings. The molecule has 5 heterocycles. The van der Waals surface area contributed by atoms with Crippen LogP contribution in [-0.4, -0.2) is 26.3 Å². The number of furan rings is 1. The third-order valence-corrected chi connectivity index (χ3v) is 18.6. The van der Waals surface area contributed by atoms with Gasteiger partial charge in [-0.1, -0.05) is 189 Å². The number of hydrogen-bond acceptors (Lipinski definition) is 3. The summed E-state index contributed by atoms with van der Waals surface area (Å²) in [6.45, 7) is 7.22. The molecule has 370 valence electrons. The summed E-state index contributed by atoms with van der Waals surface area (Å²) in [5.74, 6) is 0. The largest absolute Gasteiger partial charge is 0.456 e. The molecule has 0 saturated heterocycles. The number of para-hydroxylation sites is 7. The maximum Gasteiger partial charge on any atom is 0.137 e. The predicted octanol–water partition coefficient (Wildman–Crippen LogP) is 17.9. The van der Waals surface area contributed by atoms with Gasteiger partial charge in [0.25, 0.3) is 0 Å². The zero-order valence-corrected chi connectivity index (χ0v) is 44.5. The van der Waals surface area contributed by atoms with Crippen LogP contribution in [0.1, 0.15) is 11.1 Å². The van der Waals surface area contributed by atoms with E-state index in [1.807, 2.05) is 24.3 Å². The second-order valence-electron chi connectivity index (χ2n) is 21.8. The third-order valence-electron chi connectivity index (χ3n) is 16.6. The highest BCUT2D eigenvalue weighted by Gasteiger charge is 2.35. The summed E-state index contributed by atoms with van der Waals surface area (Å²) in [6.07, 6.45) is 0. The fraction of sp³-hybridized carbons (Fsp3) is 0.0423. The van der Waals surface area contributed by atoms with Gasteiger partial charge >= 0.3 is 0 Å². The molecule has 16 rings (SSSR count). The number of rotatable bonds is 6. The zero-order valence-electron chi connectivity index (χ0n) is 43.5. The van der Waals surface area contributed by atoms with Gasteiger partial charge in [0.05, 0.1) is 80.3 Å². The highest BCUT2D eigenvalue weighted by Crippen LogP contribution is 2.51. The van der Waals surface area contributed by atoms with Gasteiger partial charge in [0, 0.05) is 48.5 Å². The Bertz CT molecular complexity index is 5090. The number of nitriles is 2. The lowest BCUT2D eigenvalue weighted by Crippen LogP contribution is -2.38. The minimum Gasteiger partial charge on any atom is -0.456 e. The second kappa shape index (κ2) is 16.6. The average Bonchev–Trinajstić information content (AvgIpc) is 3.10. The molecule has 0 fully saturated rings. The molecule has 0 unspecified atom stereocenters. The predicted molar refractivity (Wildman–Crippen MR) is 329 cm³/mol. The monoisotopic (exact) mass is 1030 g/mol. The van der Waals surface area contributed by atoms with Crippen LogP contribution in [0.4, 0.5) is 0 Å². The fourth-order valence-electron chi connectivity index (χ4n) is 13.4. The molecule has 0 saturated carbocycles. The molecule has 11 aromatic carbocycles. The van der Waals surface area contributed by atoms with E-state index in [1.165, 1.54) is 10.8 Å². The van der Waals surface area contributed by atoms with Crippen LogP contribution in [0.3, 0.4) is 0 Å². The standard InChI is InChI=1S/C71H46N6OSi/c1-79(2,3)65-35-19-11-20-44(65)43-36-37-51-52-38-39-64-66(53-27-10-18-34-63(53)78-64)68(52)77(62(51)40-43)71-69(75-58-30-14-6-23-47(58)48-24-7-15-31-59(48)75)54(41-72)67(74-56-28-12-4-21-45(56)46-22-5-13-29-57(46)74)55(42-73)70(71)76-60-32-16-8-25-49(60)50-26-9-17-33-61(50)76/h4-40H,1-3H3. The molecular formula is C71H46N6OSi. The third kappa shape index (κ3) is 6.15. The van der Waals surface area contributed by atoms with E-state index in [1.54, 1.807) is 0 Å². The highest BCUT2D eigenvalue weighted by atomic mass is 28.3. The van der Waals surface area contributed by atoms with Crippen molar-refractivity contribution < 1.29 is 4.42 Å². The van der Waals surface area contributed by atoms with Crippen LogP contribution in [0, 0.1) is 22.7 Å². The van der Waals surface area contributed by atoms with Gasteiger partial charge in [-0.25, -0.2) is 0 Å². The van der Waals surface area contributed by atoms with Gasteiger partial charge in [0.15, 0.2) is 0 Å². The van der Waals surface area contributed by atoms with Crippen LogP contribution in [-0.2, 0) is 0 Å². The molecule has 5 aromatic heterocycles. The molecule has 0 atom stereocenters. The first-order valence-corrected chi connectivity index (χ1v) is 30.3. The summed E-state index contributed by atoms with van der Waals surface area (Å²) < 4.78 is 16.0. The molecule has 0 aliphatic carbocycles. The molecule has 0 N–H and O–H groups in total. The van der Waals surface area contributed by atoms with Crippen molar-refractivity contribution in [1.82, 2.24) is 18.3 Å². The number of hydrogen-bond donors (Lipinski definition) is 0. The van der Waals surface area contributed by atoms with Crippen LogP contribution in [0.15, 0.2) is 229 Å². The molecule has 0 radical (unpaired) electrons. The normalized spacial score (nSPS) is 12.2. The van der Waals surface area contributed by atoms with Crippen molar-refractivity contribution >= 4 is 122 Å². The Labute approximate surface area is 454 Å². The van der Waals surface area contributed by atoms with Gasteiger partial charge < -0.3 is 22.7 Å². The topological polar surface area (TPSA) is 80.4 Å². The maximum absolute atomic E-state index is 12.7. The minimum absolute atomic E-state index is 0.355. The smallest absolute Gasteiger partial charge is 0.137 e. The van der Waals surface area contributed by atoms with Crippen LogP contribution >= 0.6 is 0 Å². The Hall–Kier alpha value is -10.4. The Balaban J connectivity index is 1.25. The average molecular weight is 1030 g/mol. The van der Waals surface area contributed by atoms with Gasteiger partial charge in [-0.3, -0.25) is 0 Å². The van der Waals surface area contributed by atoms with Gasteiger partial charge in [-0.05, 0) is 71.8 Å². The lowest BCUT2D eigenvalue weighted by atomic mass is 9.98. The molecule has 16 aromatic rings. The first-order chi connectivity index (χ1) is 38.8. The first kappa shape index (κ1) is 44.9. The molecule has 8 heteroatoms. The van der Waals surface area contributed by atoms with E-state index < -0.39 is 8.07 Å². The molecule has 79 heavy (non-hydrogen) atoms. The van der Waals surface area contributed by atoms with Crippen molar-refractivity contribution in [1.29, 1.82) is 10.5 Å². The van der Waals surface area contributed by atoms with Crippen LogP contribution in [0.5, 0.6) is 0 Å². The summed E-state index contributed by atoms with van der Waals surface area (Å²) in [5.41, 5.74) is 14.3. The molecule has 0 aliphatic heterocycles. The van der Waals surface area contributed by atoms with Gasteiger partial charge in [-0.15, -0.1) is 0 Å². The zero-order chi connectivity index (χ0) is 52.8. The van der Waals surface area contributed by atoms with E-state index in [0.717, 1.165) is 115 Å². The Morgan fingerprint density at radius 2 is 0.734 bits per heavy atom. The fourth-order valence-corrected chi connectivity index (χ4v) is 15.0. The van der Waals surface area contributed by atoms with Crippen molar-refractivity contribution in [2.75, 3.05) is 0 Å². The van der Waals surface area contributed by atoms with Gasteiger partial charge in [-0.2, -0.15) is 10.5 Å². The summed E-state index contributed by atoms with van der Waals surface area (Å²) in [7, 11) is -1.89. The Morgan fingerprint density at radius 1 is 0.342 bits per heavy atom. The van der Waals surface area contributed by atoms with Crippen LogP contribution < -0.4 is 5.19 Å². The van der Waals surface area contributed by atoms with Crippen LogP contribution in [0.2, 0.25) is 19.6 Å². The SMILES string of the molecule is C[Si](C)(C)c1ccccc1-c1ccc2c3ccc4oc5ccccc5c4c3n(-c3c(-n4c5ccccc5c5ccccc54)c(C#N)c(-n4c5ccccc5c5ccccc54)c(C#N)c3-n3c4ccccc4c4ccccc43)c2c1. The Kier molecular flexibility index (Phi) is 9.40. The maximum atomic E-state index is 12.7. The van der Waals surface area contributed by atoms with Crippen molar-refractivity contribution in [3.63, 3.8) is 0 Å². The number of benzene rings is 11. The van der Waals surface area contributed by atoms with Gasteiger partial charge in [0.2, 0.25) is 0 Å². The van der Waals surface area contributed by atoms with E-state index >= 15 is 0 Å². The van der Waals surface area contributed by atoms with Crippen molar-refractivity contribution in [3.05, 3.63) is 236 Å². The lowest BCUT2D eigenvalue weighted by Gasteiger charge is -2.27. The van der Waals surface area contributed by atoms with Crippen molar-refractivity contribution in [2.24, 2.45) is 0 Å². The summed E-state index contributed by atoms with van der Waals surface area (Å²) in [6, 6.07) is 84.9. The quantitative estimate of drug-likeness (QED) is 0.156. The number of nitrogens with zero attached hydrogens (tertiary/aromatic N) is 6. The molecule has 0 bridgehead atoms. The van der Waals surface area contributed by atoms with E-state index in [4.69, 9.17) is 4.42 Å². The lowest BCUT2D eigenvalue weighted by molar-refractivity contribution is 0.669. The summed E-state index contributed by atoms with van der Waals surface area (Å²) in [4.78, 5) is 0. The molecule has 0 spiro atoms. The second-order valence-corrected chi connectivity index (χ2v) is 26.8. The van der Waals surface area contributed by atoms with Crippen molar-refractivity contribution in [3.8, 4) is 46.0 Å². The summed E-state index contributed by atoms with van der Waals surface area (Å²) >= 11 is 0. The molecular weight excluding hydrogens is 981 g/mol. The van der Waals surface area contributed by atoms with E-state index in [2.05, 4.69) is 250 Å².